The van der Waals surface area contributed by atoms with Crippen LogP contribution in [0.3, 0.4) is 0 Å². The van der Waals surface area contributed by atoms with Crippen LogP contribution in [0.4, 0.5) is 0 Å². The number of nitrogens with one attached hydrogen (secondary N) is 1. The lowest BCUT2D eigenvalue weighted by Gasteiger charge is -2.55. The minimum Gasteiger partial charge on any atom is -0.338 e. The zero-order valence-corrected chi connectivity index (χ0v) is 9.34. The molecule has 3 heteroatoms. The summed E-state index contributed by atoms with van der Waals surface area (Å²) in [6.45, 7) is 9.95. The standard InChI is InChI=1S/C9H14N2O.C2H6/c1-2-3-8(12)11-6-9(7-11)4-10-5-9;1-2/h2-3,10H,4-7H2,1H3;1-2H3/b3-2+;. The molecule has 0 atom stereocenters. The molecule has 2 aliphatic rings. The van der Waals surface area contributed by atoms with E-state index in [1.807, 2.05) is 25.7 Å². The quantitative estimate of drug-likeness (QED) is 0.635. The van der Waals surface area contributed by atoms with Gasteiger partial charge in [-0.3, -0.25) is 4.79 Å². The van der Waals surface area contributed by atoms with Gasteiger partial charge in [0, 0.05) is 31.6 Å². The predicted molar refractivity (Wildman–Crippen MR) is 58.0 cm³/mol. The summed E-state index contributed by atoms with van der Waals surface area (Å²) >= 11 is 0. The number of hydrogen-bond acceptors (Lipinski definition) is 2. The van der Waals surface area contributed by atoms with Crippen molar-refractivity contribution < 1.29 is 4.79 Å². The minimum absolute atomic E-state index is 0.162. The Bertz CT molecular complexity index is 223. The molecule has 0 aromatic rings. The average Bonchev–Trinajstić information content (AvgIpc) is 2.03. The summed E-state index contributed by atoms with van der Waals surface area (Å²) in [6.07, 6.45) is 3.44. The van der Waals surface area contributed by atoms with E-state index in [4.69, 9.17) is 0 Å². The Hall–Kier alpha value is -0.830. The lowest BCUT2D eigenvalue weighted by Crippen LogP contribution is -2.71. The summed E-state index contributed by atoms with van der Waals surface area (Å²) in [4.78, 5) is 13.2. The normalized spacial score (nSPS) is 22.4. The summed E-state index contributed by atoms with van der Waals surface area (Å²) in [5, 5.41) is 3.24. The van der Waals surface area contributed by atoms with Crippen LogP contribution in [-0.4, -0.2) is 37.0 Å². The van der Waals surface area contributed by atoms with E-state index >= 15 is 0 Å². The van der Waals surface area contributed by atoms with E-state index in [-0.39, 0.29) is 5.91 Å². The van der Waals surface area contributed by atoms with Crippen LogP contribution in [0.5, 0.6) is 0 Å². The van der Waals surface area contributed by atoms with Crippen LogP contribution >= 0.6 is 0 Å². The zero-order valence-electron chi connectivity index (χ0n) is 9.34. The molecule has 2 heterocycles. The highest BCUT2D eigenvalue weighted by Crippen LogP contribution is 2.33. The van der Waals surface area contributed by atoms with E-state index in [2.05, 4.69) is 5.32 Å². The van der Waals surface area contributed by atoms with Gasteiger partial charge in [-0.25, -0.2) is 0 Å². The molecule has 0 bridgehead atoms. The molecule has 0 aliphatic carbocycles. The predicted octanol–water partition coefficient (Wildman–Crippen LogP) is 1.02. The van der Waals surface area contributed by atoms with Gasteiger partial charge in [-0.1, -0.05) is 19.9 Å². The molecule has 2 fully saturated rings. The number of hydrogen-bond donors (Lipinski definition) is 1. The van der Waals surface area contributed by atoms with Crippen LogP contribution in [0, 0.1) is 5.41 Å². The van der Waals surface area contributed by atoms with Crippen molar-refractivity contribution in [2.75, 3.05) is 26.2 Å². The molecule has 80 valence electrons. The van der Waals surface area contributed by atoms with Gasteiger partial charge in [0.25, 0.3) is 0 Å². The summed E-state index contributed by atoms with van der Waals surface area (Å²) in [5.41, 5.74) is 0.456. The number of rotatable bonds is 1. The summed E-state index contributed by atoms with van der Waals surface area (Å²) in [7, 11) is 0. The first kappa shape index (κ1) is 11.2. The van der Waals surface area contributed by atoms with Crippen LogP contribution in [0.25, 0.3) is 0 Å². The third-order valence-corrected chi connectivity index (χ3v) is 2.67. The van der Waals surface area contributed by atoms with Crippen molar-refractivity contribution in [3.63, 3.8) is 0 Å². The minimum atomic E-state index is 0.162. The molecule has 1 spiro atoms. The first-order valence-electron chi connectivity index (χ1n) is 5.38. The van der Waals surface area contributed by atoms with E-state index in [9.17, 15) is 4.79 Å². The molecular formula is C11H20N2O. The second kappa shape index (κ2) is 4.60. The van der Waals surface area contributed by atoms with Crippen LogP contribution in [0.15, 0.2) is 12.2 Å². The largest absolute Gasteiger partial charge is 0.338 e. The number of carbonyl (C=O) groups is 1. The smallest absolute Gasteiger partial charge is 0.246 e. The Morgan fingerprint density at radius 2 is 1.93 bits per heavy atom. The van der Waals surface area contributed by atoms with Crippen molar-refractivity contribution in [3.8, 4) is 0 Å². The lowest BCUT2D eigenvalue weighted by molar-refractivity contribution is -0.141. The van der Waals surface area contributed by atoms with Crippen LogP contribution in [0.2, 0.25) is 0 Å². The molecule has 0 aromatic carbocycles. The van der Waals surface area contributed by atoms with Gasteiger partial charge in [-0.15, -0.1) is 0 Å². The van der Waals surface area contributed by atoms with Gasteiger partial charge >= 0.3 is 0 Å². The molecule has 2 aliphatic heterocycles. The fourth-order valence-electron chi connectivity index (χ4n) is 1.87. The number of allylic oxidation sites excluding steroid dienone is 1. The van der Waals surface area contributed by atoms with Gasteiger partial charge in [0.2, 0.25) is 5.91 Å². The molecule has 2 rings (SSSR count). The van der Waals surface area contributed by atoms with Crippen LogP contribution < -0.4 is 5.32 Å². The fraction of sp³-hybridized carbons (Fsp3) is 0.727. The molecule has 2 saturated heterocycles. The Balaban J connectivity index is 0.000000461. The van der Waals surface area contributed by atoms with Gasteiger partial charge in [0.15, 0.2) is 0 Å². The maximum absolute atomic E-state index is 11.3. The summed E-state index contributed by atoms with van der Waals surface area (Å²) in [6, 6.07) is 0. The SMILES string of the molecule is C/C=C/C(=O)N1CC2(CNC2)C1.CC. The van der Waals surface area contributed by atoms with E-state index in [0.29, 0.717) is 5.41 Å². The first-order chi connectivity index (χ1) is 6.76. The molecule has 1 amide bonds. The summed E-state index contributed by atoms with van der Waals surface area (Å²) < 4.78 is 0. The van der Waals surface area contributed by atoms with Crippen molar-refractivity contribution in [3.05, 3.63) is 12.2 Å². The Morgan fingerprint density at radius 1 is 1.36 bits per heavy atom. The van der Waals surface area contributed by atoms with E-state index in [1.54, 1.807) is 12.2 Å². The molecule has 0 unspecified atom stereocenters. The fourth-order valence-corrected chi connectivity index (χ4v) is 1.87. The second-order valence-electron chi connectivity index (χ2n) is 3.80. The Morgan fingerprint density at radius 3 is 2.29 bits per heavy atom. The molecule has 14 heavy (non-hydrogen) atoms. The highest BCUT2D eigenvalue weighted by atomic mass is 16.2. The Kier molecular flexibility index (Phi) is 3.69. The first-order valence-corrected chi connectivity index (χ1v) is 5.38. The second-order valence-corrected chi connectivity index (χ2v) is 3.80. The van der Waals surface area contributed by atoms with Crippen LogP contribution in [-0.2, 0) is 4.79 Å². The molecule has 0 aromatic heterocycles. The van der Waals surface area contributed by atoms with Gasteiger partial charge in [0.05, 0.1) is 0 Å². The highest BCUT2D eigenvalue weighted by molar-refractivity contribution is 5.88. The third-order valence-electron chi connectivity index (χ3n) is 2.67. The lowest BCUT2D eigenvalue weighted by atomic mass is 9.74. The van der Waals surface area contributed by atoms with Gasteiger partial charge < -0.3 is 10.2 Å². The van der Waals surface area contributed by atoms with Crippen molar-refractivity contribution >= 4 is 5.91 Å². The molecule has 3 nitrogen and oxygen atoms in total. The number of likely N-dealkylation sites (tertiary alicyclic amines) is 1. The maximum atomic E-state index is 11.3. The molecule has 0 radical (unpaired) electrons. The van der Waals surface area contributed by atoms with Crippen molar-refractivity contribution in [2.24, 2.45) is 5.41 Å². The zero-order chi connectivity index (χ0) is 10.6. The monoisotopic (exact) mass is 196 g/mol. The topological polar surface area (TPSA) is 32.3 Å². The maximum Gasteiger partial charge on any atom is 0.246 e. The van der Waals surface area contributed by atoms with E-state index in [0.717, 1.165) is 26.2 Å². The highest BCUT2D eigenvalue weighted by Gasteiger charge is 2.48. The van der Waals surface area contributed by atoms with E-state index in [1.165, 1.54) is 0 Å². The van der Waals surface area contributed by atoms with Crippen molar-refractivity contribution in [1.82, 2.24) is 10.2 Å². The molecule has 0 saturated carbocycles. The Labute approximate surface area is 86.2 Å². The van der Waals surface area contributed by atoms with Crippen molar-refractivity contribution in [2.45, 2.75) is 20.8 Å². The van der Waals surface area contributed by atoms with Gasteiger partial charge in [-0.05, 0) is 13.0 Å². The third kappa shape index (κ3) is 1.98. The summed E-state index contributed by atoms with van der Waals surface area (Å²) in [5.74, 6) is 0.162. The molecular weight excluding hydrogens is 176 g/mol. The molecule has 1 N–H and O–H groups in total. The number of amides is 1. The van der Waals surface area contributed by atoms with Gasteiger partial charge in [0.1, 0.15) is 0 Å². The van der Waals surface area contributed by atoms with Crippen LogP contribution in [0.1, 0.15) is 20.8 Å². The van der Waals surface area contributed by atoms with E-state index < -0.39 is 0 Å². The average molecular weight is 196 g/mol. The van der Waals surface area contributed by atoms with Crippen molar-refractivity contribution in [1.29, 1.82) is 0 Å². The van der Waals surface area contributed by atoms with Gasteiger partial charge in [-0.2, -0.15) is 0 Å². The number of nitrogens with zero attached hydrogens (tertiary/aromatic N) is 1. The number of carbonyl (C=O) groups excluding carboxylic acids is 1.